The number of nitrogens with one attached hydrogen (secondary N) is 1. The van der Waals surface area contributed by atoms with Crippen molar-refractivity contribution in [2.24, 2.45) is 0 Å². The summed E-state index contributed by atoms with van der Waals surface area (Å²) in [7, 11) is 2.95. The van der Waals surface area contributed by atoms with Crippen LogP contribution in [0, 0.1) is 0 Å². The number of rotatable bonds is 5. The van der Waals surface area contributed by atoms with Crippen LogP contribution in [0.25, 0.3) is 0 Å². The SMILES string of the molecule is CCNC(C(=O)OC)c1cc(Br)ccc1OC. The van der Waals surface area contributed by atoms with E-state index >= 15 is 0 Å². The van der Waals surface area contributed by atoms with Crippen LogP contribution in [-0.4, -0.2) is 26.7 Å². The fourth-order valence-electron chi connectivity index (χ4n) is 1.57. The molecule has 0 radical (unpaired) electrons. The quantitative estimate of drug-likeness (QED) is 0.848. The monoisotopic (exact) mass is 301 g/mol. The van der Waals surface area contributed by atoms with Crippen LogP contribution in [0.15, 0.2) is 22.7 Å². The van der Waals surface area contributed by atoms with Gasteiger partial charge in [0.05, 0.1) is 14.2 Å². The Morgan fingerprint density at radius 2 is 2.18 bits per heavy atom. The molecule has 94 valence electrons. The summed E-state index contributed by atoms with van der Waals surface area (Å²) >= 11 is 3.38. The highest BCUT2D eigenvalue weighted by Crippen LogP contribution is 2.29. The van der Waals surface area contributed by atoms with Gasteiger partial charge < -0.3 is 14.8 Å². The summed E-state index contributed by atoms with van der Waals surface area (Å²) in [5.74, 6) is 0.327. The number of esters is 1. The topological polar surface area (TPSA) is 47.6 Å². The average Bonchev–Trinajstić information content (AvgIpc) is 2.35. The van der Waals surface area contributed by atoms with E-state index in [9.17, 15) is 4.79 Å². The van der Waals surface area contributed by atoms with Crippen molar-refractivity contribution >= 4 is 21.9 Å². The van der Waals surface area contributed by atoms with Gasteiger partial charge in [-0.3, -0.25) is 0 Å². The summed E-state index contributed by atoms with van der Waals surface area (Å²) < 4.78 is 10.9. The van der Waals surface area contributed by atoms with Gasteiger partial charge in [-0.2, -0.15) is 0 Å². The first kappa shape index (κ1) is 14.0. The molecular weight excluding hydrogens is 286 g/mol. The highest BCUT2D eigenvalue weighted by Gasteiger charge is 2.23. The zero-order chi connectivity index (χ0) is 12.8. The standard InChI is InChI=1S/C12H16BrNO3/c1-4-14-11(12(15)17-3)9-7-8(13)5-6-10(9)16-2/h5-7,11,14H,4H2,1-3H3. The second kappa shape index (κ2) is 6.61. The summed E-state index contributed by atoms with van der Waals surface area (Å²) in [4.78, 5) is 11.7. The number of halogens is 1. The summed E-state index contributed by atoms with van der Waals surface area (Å²) in [6, 6.07) is 5.01. The van der Waals surface area contributed by atoms with Gasteiger partial charge in [-0.15, -0.1) is 0 Å². The molecule has 1 N–H and O–H groups in total. The molecule has 0 aliphatic heterocycles. The minimum absolute atomic E-state index is 0.330. The van der Waals surface area contributed by atoms with Crippen molar-refractivity contribution in [3.63, 3.8) is 0 Å². The molecule has 1 aromatic rings. The third-order valence-electron chi connectivity index (χ3n) is 2.35. The molecule has 1 aromatic carbocycles. The summed E-state index contributed by atoms with van der Waals surface area (Å²) in [5.41, 5.74) is 0.760. The third-order valence-corrected chi connectivity index (χ3v) is 2.84. The predicted octanol–water partition coefficient (Wildman–Crippen LogP) is 2.28. The average molecular weight is 302 g/mol. The Labute approximate surface area is 109 Å². The number of ether oxygens (including phenoxy) is 2. The van der Waals surface area contributed by atoms with Crippen LogP contribution in [0.3, 0.4) is 0 Å². The summed E-state index contributed by atoms with van der Waals surface area (Å²) in [5, 5.41) is 3.08. The van der Waals surface area contributed by atoms with Crippen LogP contribution >= 0.6 is 15.9 Å². The number of likely N-dealkylation sites (N-methyl/N-ethyl adjacent to an activating group) is 1. The van der Waals surface area contributed by atoms with Crippen molar-refractivity contribution in [1.29, 1.82) is 0 Å². The largest absolute Gasteiger partial charge is 0.496 e. The molecule has 0 aliphatic rings. The molecule has 0 aliphatic carbocycles. The normalized spacial score (nSPS) is 12.0. The van der Waals surface area contributed by atoms with Crippen molar-refractivity contribution in [3.05, 3.63) is 28.2 Å². The second-order valence-electron chi connectivity index (χ2n) is 3.40. The van der Waals surface area contributed by atoms with Crippen molar-refractivity contribution in [3.8, 4) is 5.75 Å². The van der Waals surface area contributed by atoms with E-state index in [2.05, 4.69) is 21.2 Å². The predicted molar refractivity (Wildman–Crippen MR) is 69.1 cm³/mol. The van der Waals surface area contributed by atoms with Gasteiger partial charge in [0.1, 0.15) is 11.8 Å². The molecule has 1 atom stereocenters. The molecule has 0 saturated heterocycles. The number of hydrogen-bond acceptors (Lipinski definition) is 4. The lowest BCUT2D eigenvalue weighted by Gasteiger charge is -2.18. The van der Waals surface area contributed by atoms with E-state index < -0.39 is 6.04 Å². The van der Waals surface area contributed by atoms with E-state index in [4.69, 9.17) is 9.47 Å². The maximum atomic E-state index is 11.7. The molecule has 0 saturated carbocycles. The van der Waals surface area contributed by atoms with Crippen molar-refractivity contribution in [2.75, 3.05) is 20.8 Å². The minimum Gasteiger partial charge on any atom is -0.496 e. The van der Waals surface area contributed by atoms with E-state index in [1.807, 2.05) is 25.1 Å². The van der Waals surface area contributed by atoms with Crippen LogP contribution < -0.4 is 10.1 Å². The Bertz CT molecular complexity index is 395. The molecule has 1 rings (SSSR count). The number of hydrogen-bond donors (Lipinski definition) is 1. The lowest BCUT2D eigenvalue weighted by Crippen LogP contribution is -2.29. The number of benzene rings is 1. The van der Waals surface area contributed by atoms with Crippen molar-refractivity contribution in [2.45, 2.75) is 13.0 Å². The molecule has 0 aromatic heterocycles. The Balaban J connectivity index is 3.15. The first-order valence-electron chi connectivity index (χ1n) is 5.28. The van der Waals surface area contributed by atoms with E-state index in [0.717, 1.165) is 10.0 Å². The van der Waals surface area contributed by atoms with Gasteiger partial charge in [0, 0.05) is 10.0 Å². The van der Waals surface area contributed by atoms with Gasteiger partial charge in [-0.05, 0) is 24.7 Å². The molecule has 0 spiro atoms. The van der Waals surface area contributed by atoms with E-state index in [1.165, 1.54) is 7.11 Å². The number of carbonyl (C=O) groups is 1. The minimum atomic E-state index is -0.516. The van der Waals surface area contributed by atoms with Crippen LogP contribution in [0.1, 0.15) is 18.5 Å². The van der Waals surface area contributed by atoms with Crippen LogP contribution in [0.5, 0.6) is 5.75 Å². The number of carbonyl (C=O) groups excluding carboxylic acids is 1. The fourth-order valence-corrected chi connectivity index (χ4v) is 1.95. The Kier molecular flexibility index (Phi) is 5.44. The fraction of sp³-hybridized carbons (Fsp3) is 0.417. The molecule has 1 unspecified atom stereocenters. The van der Waals surface area contributed by atoms with Gasteiger partial charge >= 0.3 is 5.97 Å². The van der Waals surface area contributed by atoms with Gasteiger partial charge in [0.15, 0.2) is 0 Å². The molecular formula is C12H16BrNO3. The lowest BCUT2D eigenvalue weighted by molar-refractivity contribution is -0.143. The summed E-state index contributed by atoms with van der Waals surface area (Å²) in [6.45, 7) is 2.59. The maximum absolute atomic E-state index is 11.7. The van der Waals surface area contributed by atoms with Gasteiger partial charge in [-0.1, -0.05) is 22.9 Å². The van der Waals surface area contributed by atoms with Crippen LogP contribution in [0.2, 0.25) is 0 Å². The Morgan fingerprint density at radius 3 is 2.71 bits per heavy atom. The number of methoxy groups -OCH3 is 2. The molecule has 0 bridgehead atoms. The van der Waals surface area contributed by atoms with Crippen LogP contribution in [0.4, 0.5) is 0 Å². The maximum Gasteiger partial charge on any atom is 0.327 e. The summed E-state index contributed by atoms with van der Waals surface area (Å²) in [6.07, 6.45) is 0. The smallest absolute Gasteiger partial charge is 0.327 e. The van der Waals surface area contributed by atoms with E-state index in [1.54, 1.807) is 7.11 Å². The Morgan fingerprint density at radius 1 is 1.47 bits per heavy atom. The first-order chi connectivity index (χ1) is 8.13. The Hall–Kier alpha value is -1.07. The third kappa shape index (κ3) is 3.44. The molecule has 0 amide bonds. The first-order valence-corrected chi connectivity index (χ1v) is 6.08. The molecule has 0 heterocycles. The molecule has 17 heavy (non-hydrogen) atoms. The van der Waals surface area contributed by atoms with Crippen molar-refractivity contribution in [1.82, 2.24) is 5.32 Å². The molecule has 5 heteroatoms. The second-order valence-corrected chi connectivity index (χ2v) is 4.32. The highest BCUT2D eigenvalue weighted by atomic mass is 79.9. The van der Waals surface area contributed by atoms with Crippen molar-refractivity contribution < 1.29 is 14.3 Å². The van der Waals surface area contributed by atoms with Gasteiger partial charge in [-0.25, -0.2) is 4.79 Å². The zero-order valence-corrected chi connectivity index (χ0v) is 11.7. The van der Waals surface area contributed by atoms with Crippen LogP contribution in [-0.2, 0) is 9.53 Å². The highest BCUT2D eigenvalue weighted by molar-refractivity contribution is 9.10. The van der Waals surface area contributed by atoms with E-state index in [0.29, 0.717) is 12.3 Å². The molecule has 4 nitrogen and oxygen atoms in total. The zero-order valence-electron chi connectivity index (χ0n) is 10.1. The van der Waals surface area contributed by atoms with E-state index in [-0.39, 0.29) is 5.97 Å². The van der Waals surface area contributed by atoms with Gasteiger partial charge in [0.25, 0.3) is 0 Å². The molecule has 0 fully saturated rings. The lowest BCUT2D eigenvalue weighted by atomic mass is 10.1. The van der Waals surface area contributed by atoms with Gasteiger partial charge in [0.2, 0.25) is 0 Å².